The van der Waals surface area contributed by atoms with Gasteiger partial charge in [0, 0.05) is 13.8 Å². The Morgan fingerprint density at radius 3 is 2.63 bits per heavy atom. The molecule has 0 radical (unpaired) electrons. The van der Waals surface area contributed by atoms with Crippen LogP contribution in [0.3, 0.4) is 0 Å². The fourth-order valence-electron chi connectivity index (χ4n) is 1.48. The molecule has 19 heavy (non-hydrogen) atoms. The largest absolute Gasteiger partial charge is 0.463 e. The second-order valence-corrected chi connectivity index (χ2v) is 3.82. The van der Waals surface area contributed by atoms with Gasteiger partial charge in [-0.2, -0.15) is 0 Å². The van der Waals surface area contributed by atoms with Gasteiger partial charge in [0.15, 0.2) is 6.29 Å². The van der Waals surface area contributed by atoms with Crippen molar-refractivity contribution in [1.29, 1.82) is 0 Å². The predicted octanol–water partition coefficient (Wildman–Crippen LogP) is 0.412. The standard InChI is InChI=1S/C13H16O6/c1-4-7-16-13-6-5-11(18-10(3)15)12(19-13)8-17-9(2)14/h1,5-6,11-13H,7-8H2,2-3H3/t11-,12-,13?/m1/s1. The van der Waals surface area contributed by atoms with Crippen molar-refractivity contribution in [2.24, 2.45) is 0 Å². The highest BCUT2D eigenvalue weighted by atomic mass is 16.7. The molecule has 0 N–H and O–H groups in total. The fourth-order valence-corrected chi connectivity index (χ4v) is 1.48. The van der Waals surface area contributed by atoms with Crippen LogP contribution in [0, 0.1) is 12.3 Å². The minimum Gasteiger partial charge on any atom is -0.463 e. The van der Waals surface area contributed by atoms with Crippen LogP contribution in [0.1, 0.15) is 13.8 Å². The summed E-state index contributed by atoms with van der Waals surface area (Å²) in [5.74, 6) is 1.42. The van der Waals surface area contributed by atoms with Crippen LogP contribution in [0.15, 0.2) is 12.2 Å². The highest BCUT2D eigenvalue weighted by Gasteiger charge is 2.30. The lowest BCUT2D eigenvalue weighted by molar-refractivity contribution is -0.193. The first kappa shape index (κ1) is 15.2. The molecule has 6 nitrogen and oxygen atoms in total. The molecule has 1 aliphatic rings. The summed E-state index contributed by atoms with van der Waals surface area (Å²) >= 11 is 0. The Morgan fingerprint density at radius 2 is 2.05 bits per heavy atom. The maximum atomic E-state index is 11.0. The molecule has 1 unspecified atom stereocenters. The molecule has 0 aromatic heterocycles. The lowest BCUT2D eigenvalue weighted by atomic mass is 10.1. The van der Waals surface area contributed by atoms with Crippen LogP contribution in [-0.4, -0.2) is 43.7 Å². The van der Waals surface area contributed by atoms with E-state index in [4.69, 9.17) is 25.4 Å². The Kier molecular flexibility index (Phi) is 6.06. The third-order valence-corrected chi connectivity index (χ3v) is 2.22. The summed E-state index contributed by atoms with van der Waals surface area (Å²) in [6.07, 6.45) is 6.40. The van der Waals surface area contributed by atoms with E-state index in [0.717, 1.165) is 0 Å². The SMILES string of the molecule is C#CCOC1C=C[C@@H](OC(C)=O)[C@@H](COC(C)=O)O1. The first-order valence-electron chi connectivity index (χ1n) is 5.72. The van der Waals surface area contributed by atoms with Crippen molar-refractivity contribution in [3.8, 4) is 12.3 Å². The first-order valence-corrected chi connectivity index (χ1v) is 5.72. The molecule has 0 bridgehead atoms. The van der Waals surface area contributed by atoms with Crippen molar-refractivity contribution in [2.75, 3.05) is 13.2 Å². The van der Waals surface area contributed by atoms with Gasteiger partial charge in [-0.15, -0.1) is 6.42 Å². The maximum absolute atomic E-state index is 11.0. The van der Waals surface area contributed by atoms with Crippen LogP contribution in [0.25, 0.3) is 0 Å². The molecule has 0 amide bonds. The number of hydrogen-bond donors (Lipinski definition) is 0. The summed E-state index contributed by atoms with van der Waals surface area (Å²) in [5.41, 5.74) is 0. The first-order chi connectivity index (χ1) is 9.02. The normalized spacial score (nSPS) is 25.4. The molecule has 0 aliphatic carbocycles. The monoisotopic (exact) mass is 268 g/mol. The number of ether oxygens (including phenoxy) is 4. The van der Waals surface area contributed by atoms with E-state index in [1.807, 2.05) is 0 Å². The topological polar surface area (TPSA) is 71.1 Å². The van der Waals surface area contributed by atoms with Crippen LogP contribution in [0.2, 0.25) is 0 Å². The number of esters is 2. The molecule has 1 rings (SSSR count). The van der Waals surface area contributed by atoms with Crippen molar-refractivity contribution in [3.63, 3.8) is 0 Å². The van der Waals surface area contributed by atoms with Crippen molar-refractivity contribution in [3.05, 3.63) is 12.2 Å². The van der Waals surface area contributed by atoms with Gasteiger partial charge in [-0.25, -0.2) is 0 Å². The predicted molar refractivity (Wildman–Crippen MR) is 64.8 cm³/mol. The fraction of sp³-hybridized carbons (Fsp3) is 0.538. The molecule has 3 atom stereocenters. The van der Waals surface area contributed by atoms with Gasteiger partial charge in [0.05, 0.1) is 0 Å². The molecule has 104 valence electrons. The zero-order valence-electron chi connectivity index (χ0n) is 10.8. The van der Waals surface area contributed by atoms with Crippen LogP contribution in [0.4, 0.5) is 0 Å². The summed E-state index contributed by atoms with van der Waals surface area (Å²) in [5, 5.41) is 0. The van der Waals surface area contributed by atoms with Gasteiger partial charge in [0.1, 0.15) is 25.4 Å². The maximum Gasteiger partial charge on any atom is 0.303 e. The van der Waals surface area contributed by atoms with Gasteiger partial charge < -0.3 is 18.9 Å². The lowest BCUT2D eigenvalue weighted by Crippen LogP contribution is -2.42. The molecule has 0 fully saturated rings. The quantitative estimate of drug-likeness (QED) is 0.408. The van der Waals surface area contributed by atoms with E-state index in [0.29, 0.717) is 0 Å². The molecular weight excluding hydrogens is 252 g/mol. The van der Waals surface area contributed by atoms with E-state index in [1.165, 1.54) is 13.8 Å². The van der Waals surface area contributed by atoms with Crippen LogP contribution < -0.4 is 0 Å². The van der Waals surface area contributed by atoms with Gasteiger partial charge in [0.25, 0.3) is 0 Å². The average molecular weight is 268 g/mol. The third-order valence-electron chi connectivity index (χ3n) is 2.22. The Hall–Kier alpha value is -1.84. The van der Waals surface area contributed by atoms with Gasteiger partial charge in [-0.05, 0) is 12.2 Å². The molecular formula is C13H16O6. The highest BCUT2D eigenvalue weighted by Crippen LogP contribution is 2.17. The molecule has 0 saturated carbocycles. The Labute approximate surface area is 111 Å². The van der Waals surface area contributed by atoms with E-state index < -0.39 is 30.4 Å². The Balaban J connectivity index is 2.63. The lowest BCUT2D eigenvalue weighted by Gasteiger charge is -2.30. The van der Waals surface area contributed by atoms with Crippen LogP contribution >= 0.6 is 0 Å². The number of rotatable bonds is 5. The minimum absolute atomic E-state index is 0.0342. The zero-order valence-corrected chi connectivity index (χ0v) is 10.8. The molecule has 0 spiro atoms. The number of terminal acetylenes is 1. The van der Waals surface area contributed by atoms with Crippen molar-refractivity contribution >= 4 is 11.9 Å². The van der Waals surface area contributed by atoms with Gasteiger partial charge in [-0.3, -0.25) is 9.59 Å². The van der Waals surface area contributed by atoms with Crippen molar-refractivity contribution < 1.29 is 28.5 Å². The summed E-state index contributed by atoms with van der Waals surface area (Å²) in [4.78, 5) is 21.8. The summed E-state index contributed by atoms with van der Waals surface area (Å²) < 4.78 is 20.6. The molecule has 0 aromatic rings. The average Bonchev–Trinajstić information content (AvgIpc) is 2.35. The molecule has 6 heteroatoms. The third kappa shape index (κ3) is 5.55. The second-order valence-electron chi connectivity index (χ2n) is 3.82. The highest BCUT2D eigenvalue weighted by molar-refractivity contribution is 5.66. The van der Waals surface area contributed by atoms with Crippen molar-refractivity contribution in [2.45, 2.75) is 32.3 Å². The summed E-state index contributed by atoms with van der Waals surface area (Å²) in [6.45, 7) is 2.63. The molecule has 0 aromatic carbocycles. The van der Waals surface area contributed by atoms with Gasteiger partial charge in [0.2, 0.25) is 0 Å². The van der Waals surface area contributed by atoms with E-state index in [9.17, 15) is 9.59 Å². The number of carbonyl (C=O) groups excluding carboxylic acids is 2. The van der Waals surface area contributed by atoms with E-state index in [2.05, 4.69) is 5.92 Å². The Bertz CT molecular complexity index is 394. The number of hydrogen-bond acceptors (Lipinski definition) is 6. The molecule has 0 saturated heterocycles. The van der Waals surface area contributed by atoms with E-state index in [-0.39, 0.29) is 13.2 Å². The van der Waals surface area contributed by atoms with Crippen molar-refractivity contribution in [1.82, 2.24) is 0 Å². The molecule has 1 aliphatic heterocycles. The zero-order chi connectivity index (χ0) is 14.3. The minimum atomic E-state index is -0.650. The van der Waals surface area contributed by atoms with Gasteiger partial charge >= 0.3 is 11.9 Å². The second kappa shape index (κ2) is 7.56. The Morgan fingerprint density at radius 1 is 1.32 bits per heavy atom. The van der Waals surface area contributed by atoms with Gasteiger partial charge in [-0.1, -0.05) is 5.92 Å². The summed E-state index contributed by atoms with van der Waals surface area (Å²) in [6, 6.07) is 0. The molecule has 1 heterocycles. The smallest absolute Gasteiger partial charge is 0.303 e. The summed E-state index contributed by atoms with van der Waals surface area (Å²) in [7, 11) is 0. The van der Waals surface area contributed by atoms with E-state index >= 15 is 0 Å². The van der Waals surface area contributed by atoms with E-state index in [1.54, 1.807) is 12.2 Å². The number of carbonyl (C=O) groups is 2. The van der Waals surface area contributed by atoms with Crippen LogP contribution in [-0.2, 0) is 28.5 Å². The van der Waals surface area contributed by atoms with Crippen LogP contribution in [0.5, 0.6) is 0 Å².